The fourth-order valence-corrected chi connectivity index (χ4v) is 10.6. The van der Waals surface area contributed by atoms with Gasteiger partial charge in [0, 0.05) is 60.0 Å². The molecule has 4 aromatic heterocycles. The molecule has 298 valence electrons. The summed E-state index contributed by atoms with van der Waals surface area (Å²) in [6, 6.07) is 78.6. The third-order valence-corrected chi connectivity index (χ3v) is 13.3. The molecule has 0 aliphatic carbocycles. The Morgan fingerprint density at radius 3 is 1.39 bits per heavy atom. The van der Waals surface area contributed by atoms with Crippen LogP contribution in [0.1, 0.15) is 0 Å². The quantitative estimate of drug-likeness (QED) is 0.173. The molecule has 14 rings (SSSR count). The zero-order chi connectivity index (χ0) is 41.9. The van der Waals surface area contributed by atoms with E-state index < -0.39 is 0 Å². The second-order valence-corrected chi connectivity index (χ2v) is 16.8. The van der Waals surface area contributed by atoms with Crippen molar-refractivity contribution in [1.82, 2.24) is 9.13 Å². The number of nitrogens with zero attached hydrogens (tertiary/aromatic N) is 2. The molecule has 0 saturated carbocycles. The van der Waals surface area contributed by atoms with Crippen LogP contribution in [-0.4, -0.2) is 9.13 Å². The summed E-state index contributed by atoms with van der Waals surface area (Å²) < 4.78 is 17.8. The van der Waals surface area contributed by atoms with Crippen LogP contribution in [0.4, 0.5) is 0 Å². The highest BCUT2D eigenvalue weighted by Crippen LogP contribution is 2.47. The van der Waals surface area contributed by atoms with Gasteiger partial charge in [0.25, 0.3) is 0 Å². The maximum Gasteiger partial charge on any atom is 0.136 e. The van der Waals surface area contributed by atoms with E-state index in [1.165, 1.54) is 38.1 Å². The molecule has 0 fully saturated rings. The van der Waals surface area contributed by atoms with E-state index in [0.29, 0.717) is 0 Å². The number of rotatable bonds is 5. The standard InChI is InChI=1S/C60H36N2O2/c1-3-15-40(16-4-1)61-51-24-10-7-19-43(51)47-33-37(29-31-52(47)61)38-30-32-53-48(34-38)50-36-39(42-22-13-27-56-58(42)45-20-8-11-25-54(45)63-56)35-49(60(50)62(53)41-17-5-2-6-18-41)44-23-14-28-57-59(44)46-21-9-12-26-55(46)64-57/h1-36H. The molecule has 4 heterocycles. The number of furan rings is 2. The molecule has 4 nitrogen and oxygen atoms in total. The first kappa shape index (κ1) is 35.0. The third-order valence-electron chi connectivity index (χ3n) is 13.3. The fraction of sp³-hybridized carbons (Fsp3) is 0. The van der Waals surface area contributed by atoms with E-state index in [4.69, 9.17) is 8.83 Å². The van der Waals surface area contributed by atoms with Crippen molar-refractivity contribution < 1.29 is 8.83 Å². The predicted molar refractivity (Wildman–Crippen MR) is 266 cm³/mol. The Morgan fingerprint density at radius 1 is 0.266 bits per heavy atom. The van der Waals surface area contributed by atoms with E-state index in [9.17, 15) is 0 Å². The summed E-state index contributed by atoms with van der Waals surface area (Å²) in [5, 5.41) is 9.25. The molecule has 0 atom stereocenters. The molecule has 14 aromatic rings. The highest BCUT2D eigenvalue weighted by molar-refractivity contribution is 6.22. The van der Waals surface area contributed by atoms with Crippen LogP contribution in [0, 0.1) is 0 Å². The minimum absolute atomic E-state index is 0.869. The third kappa shape index (κ3) is 5.05. The van der Waals surface area contributed by atoms with Gasteiger partial charge in [-0.2, -0.15) is 0 Å². The number of aromatic nitrogens is 2. The average molecular weight is 817 g/mol. The van der Waals surface area contributed by atoms with Gasteiger partial charge in [-0.1, -0.05) is 127 Å². The average Bonchev–Trinajstić information content (AvgIpc) is 4.11. The Kier molecular flexibility index (Phi) is 7.36. The van der Waals surface area contributed by atoms with Gasteiger partial charge in [0.1, 0.15) is 22.3 Å². The Labute approximate surface area is 367 Å². The topological polar surface area (TPSA) is 36.1 Å². The molecule has 0 unspecified atom stereocenters. The number of fused-ring (bicyclic) bond motifs is 12. The van der Waals surface area contributed by atoms with Crippen LogP contribution in [0.2, 0.25) is 0 Å². The van der Waals surface area contributed by atoms with Crippen LogP contribution >= 0.6 is 0 Å². The number of hydrogen-bond acceptors (Lipinski definition) is 2. The maximum absolute atomic E-state index is 6.54. The fourth-order valence-electron chi connectivity index (χ4n) is 10.6. The maximum atomic E-state index is 6.54. The van der Waals surface area contributed by atoms with E-state index in [-0.39, 0.29) is 0 Å². The molecule has 0 spiro atoms. The first-order chi connectivity index (χ1) is 31.7. The van der Waals surface area contributed by atoms with Gasteiger partial charge in [-0.25, -0.2) is 0 Å². The van der Waals surface area contributed by atoms with E-state index >= 15 is 0 Å². The smallest absolute Gasteiger partial charge is 0.136 e. The van der Waals surface area contributed by atoms with Crippen LogP contribution in [0.5, 0.6) is 0 Å². The van der Waals surface area contributed by atoms with Crippen molar-refractivity contribution in [2.24, 2.45) is 0 Å². The first-order valence-corrected chi connectivity index (χ1v) is 21.8. The van der Waals surface area contributed by atoms with Crippen LogP contribution in [-0.2, 0) is 0 Å². The summed E-state index contributed by atoms with van der Waals surface area (Å²) >= 11 is 0. The monoisotopic (exact) mass is 816 g/mol. The normalized spacial score (nSPS) is 12.1. The Bertz CT molecular complexity index is 4180. The first-order valence-electron chi connectivity index (χ1n) is 21.8. The lowest BCUT2D eigenvalue weighted by Crippen LogP contribution is -1.96. The van der Waals surface area contributed by atoms with E-state index in [1.807, 2.05) is 12.1 Å². The van der Waals surface area contributed by atoms with Gasteiger partial charge in [0.2, 0.25) is 0 Å². The number of para-hydroxylation sites is 5. The van der Waals surface area contributed by atoms with Gasteiger partial charge in [-0.3, -0.25) is 0 Å². The van der Waals surface area contributed by atoms with E-state index in [2.05, 4.69) is 215 Å². The molecular formula is C60H36N2O2. The summed E-state index contributed by atoms with van der Waals surface area (Å²) in [7, 11) is 0. The minimum Gasteiger partial charge on any atom is -0.456 e. The van der Waals surface area contributed by atoms with Crippen molar-refractivity contribution in [2.75, 3.05) is 0 Å². The van der Waals surface area contributed by atoms with Crippen molar-refractivity contribution in [2.45, 2.75) is 0 Å². The van der Waals surface area contributed by atoms with Gasteiger partial charge in [0.05, 0.1) is 22.1 Å². The second-order valence-electron chi connectivity index (χ2n) is 16.8. The van der Waals surface area contributed by atoms with Gasteiger partial charge >= 0.3 is 0 Å². The predicted octanol–water partition coefficient (Wildman–Crippen LogP) is 16.7. The molecule has 10 aromatic carbocycles. The minimum atomic E-state index is 0.869. The van der Waals surface area contributed by atoms with Gasteiger partial charge in [0.15, 0.2) is 0 Å². The van der Waals surface area contributed by atoms with Crippen molar-refractivity contribution in [3.8, 4) is 44.8 Å². The molecule has 0 amide bonds. The molecular weight excluding hydrogens is 781 g/mol. The molecule has 0 bridgehead atoms. The van der Waals surface area contributed by atoms with Gasteiger partial charge < -0.3 is 18.0 Å². The zero-order valence-corrected chi connectivity index (χ0v) is 34.5. The largest absolute Gasteiger partial charge is 0.456 e. The molecule has 0 aliphatic heterocycles. The lowest BCUT2D eigenvalue weighted by atomic mass is 9.91. The van der Waals surface area contributed by atoms with Crippen molar-refractivity contribution >= 4 is 87.5 Å². The van der Waals surface area contributed by atoms with Crippen LogP contribution in [0.25, 0.3) is 132 Å². The van der Waals surface area contributed by atoms with Gasteiger partial charge in [-0.05, 0) is 119 Å². The molecule has 4 heteroatoms. The highest BCUT2D eigenvalue weighted by atomic mass is 16.3. The molecule has 64 heavy (non-hydrogen) atoms. The molecule has 0 N–H and O–H groups in total. The molecule has 0 aliphatic rings. The SMILES string of the molecule is c1ccc(-n2c3ccccc3c3cc(-c4ccc5c(c4)c4cc(-c6cccc7oc8ccccc8c67)cc(-c6cccc7oc8ccccc8c67)c4n5-c4ccccc4)ccc32)cc1. The van der Waals surface area contributed by atoms with Gasteiger partial charge in [-0.15, -0.1) is 0 Å². The van der Waals surface area contributed by atoms with E-state index in [0.717, 1.165) is 94.1 Å². The summed E-state index contributed by atoms with van der Waals surface area (Å²) in [4.78, 5) is 0. The Balaban J connectivity index is 1.10. The summed E-state index contributed by atoms with van der Waals surface area (Å²) in [6.45, 7) is 0. The zero-order valence-electron chi connectivity index (χ0n) is 34.5. The summed E-state index contributed by atoms with van der Waals surface area (Å²) in [5.74, 6) is 0. The van der Waals surface area contributed by atoms with Crippen molar-refractivity contribution in [1.29, 1.82) is 0 Å². The van der Waals surface area contributed by atoms with Crippen LogP contribution < -0.4 is 0 Å². The van der Waals surface area contributed by atoms with Crippen LogP contribution in [0.3, 0.4) is 0 Å². The van der Waals surface area contributed by atoms with E-state index in [1.54, 1.807) is 0 Å². The van der Waals surface area contributed by atoms with Crippen molar-refractivity contribution in [3.05, 3.63) is 218 Å². The summed E-state index contributed by atoms with van der Waals surface area (Å²) in [5.41, 5.74) is 17.3. The number of benzene rings is 10. The lowest BCUT2D eigenvalue weighted by Gasteiger charge is -2.15. The lowest BCUT2D eigenvalue weighted by molar-refractivity contribution is 0.668. The number of hydrogen-bond donors (Lipinski definition) is 0. The second kappa shape index (κ2) is 13.4. The molecule has 0 radical (unpaired) electrons. The van der Waals surface area contributed by atoms with Crippen molar-refractivity contribution in [3.63, 3.8) is 0 Å². The Hall–Kier alpha value is -8.60. The Morgan fingerprint density at radius 2 is 0.734 bits per heavy atom. The highest BCUT2D eigenvalue weighted by Gasteiger charge is 2.24. The van der Waals surface area contributed by atoms with Crippen LogP contribution in [0.15, 0.2) is 227 Å². The molecule has 0 saturated heterocycles. The summed E-state index contributed by atoms with van der Waals surface area (Å²) in [6.07, 6.45) is 0.